The van der Waals surface area contributed by atoms with E-state index in [9.17, 15) is 4.79 Å². The van der Waals surface area contributed by atoms with E-state index in [1.165, 1.54) is 16.9 Å². The Balaban J connectivity index is 1.99. The number of carbonyl (C=O) groups is 1. The maximum atomic E-state index is 11.7. The van der Waals surface area contributed by atoms with Gasteiger partial charge in [0.15, 0.2) is 0 Å². The molecule has 4 N–H and O–H groups in total. The fraction of sp³-hybridized carbons (Fsp3) is 0.278. The number of aryl methyl sites for hydroxylation is 1. The van der Waals surface area contributed by atoms with Gasteiger partial charge in [-0.1, -0.05) is 29.8 Å². The van der Waals surface area contributed by atoms with Crippen LogP contribution in [-0.2, 0) is 0 Å². The summed E-state index contributed by atoms with van der Waals surface area (Å²) in [6, 6.07) is 8.57. The Bertz CT molecular complexity index is 975. The van der Waals surface area contributed by atoms with E-state index in [-0.39, 0.29) is 0 Å². The monoisotopic (exact) mass is 353 g/mol. The SMILES string of the molecule is Cc1ccc(-c2nc(N(C)C3CC3)nc3sc(C(N)=O)c(N)c23)cc1. The third-order valence-electron chi connectivity index (χ3n) is 4.54. The Morgan fingerprint density at radius 1 is 1.24 bits per heavy atom. The van der Waals surface area contributed by atoms with Crippen molar-refractivity contribution in [3.05, 3.63) is 34.7 Å². The number of primary amides is 1. The van der Waals surface area contributed by atoms with Crippen molar-refractivity contribution in [3.63, 3.8) is 0 Å². The second-order valence-corrected chi connectivity index (χ2v) is 7.47. The molecule has 1 saturated carbocycles. The molecule has 25 heavy (non-hydrogen) atoms. The molecule has 1 aliphatic rings. The van der Waals surface area contributed by atoms with Crippen molar-refractivity contribution < 1.29 is 4.79 Å². The molecule has 0 unspecified atom stereocenters. The fourth-order valence-electron chi connectivity index (χ4n) is 2.90. The fourth-order valence-corrected chi connectivity index (χ4v) is 3.84. The van der Waals surface area contributed by atoms with E-state index in [1.807, 2.05) is 38.2 Å². The van der Waals surface area contributed by atoms with Gasteiger partial charge in [-0.3, -0.25) is 4.79 Å². The molecule has 6 nitrogen and oxygen atoms in total. The molecule has 1 fully saturated rings. The molecule has 2 aromatic heterocycles. The minimum absolute atomic E-state index is 0.337. The summed E-state index contributed by atoms with van der Waals surface area (Å²) < 4.78 is 0. The molecule has 1 aromatic carbocycles. The first-order valence-electron chi connectivity index (χ1n) is 8.15. The minimum atomic E-state index is -0.535. The van der Waals surface area contributed by atoms with Crippen LogP contribution >= 0.6 is 11.3 Å². The number of nitrogen functional groups attached to an aromatic ring is 1. The van der Waals surface area contributed by atoms with Crippen LogP contribution < -0.4 is 16.4 Å². The molecule has 1 aliphatic carbocycles. The first kappa shape index (κ1) is 15.8. The number of amides is 1. The normalized spacial score (nSPS) is 14.0. The van der Waals surface area contributed by atoms with Crippen molar-refractivity contribution in [2.24, 2.45) is 5.73 Å². The summed E-state index contributed by atoms with van der Waals surface area (Å²) in [5.41, 5.74) is 14.9. The summed E-state index contributed by atoms with van der Waals surface area (Å²) in [5.74, 6) is 0.121. The van der Waals surface area contributed by atoms with Gasteiger partial charge in [0.05, 0.1) is 16.8 Å². The van der Waals surface area contributed by atoms with Crippen molar-refractivity contribution in [1.82, 2.24) is 9.97 Å². The molecule has 0 aliphatic heterocycles. The third kappa shape index (κ3) is 2.70. The second kappa shape index (κ2) is 5.70. The number of nitrogens with two attached hydrogens (primary N) is 2. The number of carbonyl (C=O) groups excluding carboxylic acids is 1. The summed E-state index contributed by atoms with van der Waals surface area (Å²) >= 11 is 1.23. The third-order valence-corrected chi connectivity index (χ3v) is 5.65. The van der Waals surface area contributed by atoms with Crippen LogP contribution in [0.25, 0.3) is 21.5 Å². The first-order valence-corrected chi connectivity index (χ1v) is 8.97. The summed E-state index contributed by atoms with van der Waals surface area (Å²) in [6.45, 7) is 2.04. The number of rotatable bonds is 4. The Kier molecular flexibility index (Phi) is 3.61. The molecule has 1 amide bonds. The van der Waals surface area contributed by atoms with E-state index >= 15 is 0 Å². The zero-order valence-corrected chi connectivity index (χ0v) is 14.9. The van der Waals surface area contributed by atoms with Crippen LogP contribution in [-0.4, -0.2) is 29.0 Å². The highest BCUT2D eigenvalue weighted by atomic mass is 32.1. The number of hydrogen-bond donors (Lipinski definition) is 2. The number of anilines is 2. The smallest absolute Gasteiger partial charge is 0.260 e. The van der Waals surface area contributed by atoms with Gasteiger partial charge in [-0.25, -0.2) is 9.97 Å². The molecule has 0 spiro atoms. The van der Waals surface area contributed by atoms with Crippen LogP contribution in [0, 0.1) is 6.92 Å². The summed E-state index contributed by atoms with van der Waals surface area (Å²) in [5, 5.41) is 0.704. The van der Waals surface area contributed by atoms with E-state index in [0.29, 0.717) is 32.8 Å². The Morgan fingerprint density at radius 2 is 1.92 bits per heavy atom. The lowest BCUT2D eigenvalue weighted by Crippen LogP contribution is -2.22. The van der Waals surface area contributed by atoms with Gasteiger partial charge < -0.3 is 16.4 Å². The predicted octanol–water partition coefficient (Wildman–Crippen LogP) is 2.95. The van der Waals surface area contributed by atoms with Gasteiger partial charge in [0, 0.05) is 18.7 Å². The molecular weight excluding hydrogens is 334 g/mol. The standard InChI is InChI=1S/C18H19N5OS/c1-9-3-5-10(6-4-9)14-12-13(19)15(16(20)24)25-17(12)22-18(21-14)23(2)11-7-8-11/h3-6,11H,7-8,19H2,1-2H3,(H2,20,24). The number of hydrogen-bond acceptors (Lipinski definition) is 6. The van der Waals surface area contributed by atoms with Crippen LogP contribution in [0.3, 0.4) is 0 Å². The number of thiophene rings is 1. The molecule has 0 saturated heterocycles. The van der Waals surface area contributed by atoms with Crippen LogP contribution in [0.2, 0.25) is 0 Å². The van der Waals surface area contributed by atoms with E-state index in [1.54, 1.807) is 0 Å². The second-order valence-electron chi connectivity index (χ2n) is 6.47. The summed E-state index contributed by atoms with van der Waals surface area (Å²) in [6.07, 6.45) is 2.30. The van der Waals surface area contributed by atoms with E-state index in [4.69, 9.17) is 16.5 Å². The van der Waals surface area contributed by atoms with Crippen molar-refractivity contribution >= 4 is 39.1 Å². The topological polar surface area (TPSA) is 98.1 Å². The van der Waals surface area contributed by atoms with Crippen LogP contribution in [0.15, 0.2) is 24.3 Å². The Labute approximate surface area is 149 Å². The quantitative estimate of drug-likeness (QED) is 0.751. The Morgan fingerprint density at radius 3 is 2.52 bits per heavy atom. The van der Waals surface area contributed by atoms with E-state index in [0.717, 1.165) is 24.1 Å². The molecule has 2 heterocycles. The molecule has 3 aromatic rings. The van der Waals surface area contributed by atoms with Crippen molar-refractivity contribution in [2.45, 2.75) is 25.8 Å². The maximum absolute atomic E-state index is 11.7. The lowest BCUT2D eigenvalue weighted by Gasteiger charge is -2.17. The molecule has 128 valence electrons. The lowest BCUT2D eigenvalue weighted by atomic mass is 10.1. The largest absolute Gasteiger partial charge is 0.397 e. The van der Waals surface area contributed by atoms with Gasteiger partial charge in [-0.15, -0.1) is 11.3 Å². The maximum Gasteiger partial charge on any atom is 0.260 e. The van der Waals surface area contributed by atoms with Gasteiger partial charge in [-0.05, 0) is 19.8 Å². The van der Waals surface area contributed by atoms with Crippen molar-refractivity contribution in [2.75, 3.05) is 17.7 Å². The highest BCUT2D eigenvalue weighted by Crippen LogP contribution is 2.40. The first-order chi connectivity index (χ1) is 12.0. The van der Waals surface area contributed by atoms with E-state index in [2.05, 4.69) is 9.88 Å². The van der Waals surface area contributed by atoms with Crippen LogP contribution in [0.4, 0.5) is 11.6 Å². The summed E-state index contributed by atoms with van der Waals surface area (Å²) in [4.78, 5) is 24.3. The zero-order chi connectivity index (χ0) is 17.7. The number of aromatic nitrogens is 2. The van der Waals surface area contributed by atoms with Crippen LogP contribution in [0.5, 0.6) is 0 Å². The Hall–Kier alpha value is -2.67. The predicted molar refractivity (Wildman–Crippen MR) is 102 cm³/mol. The van der Waals surface area contributed by atoms with Crippen molar-refractivity contribution in [1.29, 1.82) is 0 Å². The molecule has 4 rings (SSSR count). The number of nitrogens with zero attached hydrogens (tertiary/aromatic N) is 3. The number of fused-ring (bicyclic) bond motifs is 1. The molecule has 0 radical (unpaired) electrons. The minimum Gasteiger partial charge on any atom is -0.397 e. The van der Waals surface area contributed by atoms with Gasteiger partial charge in [0.25, 0.3) is 5.91 Å². The van der Waals surface area contributed by atoms with Gasteiger partial charge >= 0.3 is 0 Å². The summed E-state index contributed by atoms with van der Waals surface area (Å²) in [7, 11) is 2.00. The number of benzene rings is 1. The molecule has 0 atom stereocenters. The average molecular weight is 353 g/mol. The highest BCUT2D eigenvalue weighted by Gasteiger charge is 2.29. The average Bonchev–Trinajstić information content (AvgIpc) is 3.38. The van der Waals surface area contributed by atoms with Gasteiger partial charge in [0.1, 0.15) is 9.71 Å². The lowest BCUT2D eigenvalue weighted by molar-refractivity contribution is 0.100. The van der Waals surface area contributed by atoms with Gasteiger partial charge in [-0.2, -0.15) is 0 Å². The van der Waals surface area contributed by atoms with E-state index < -0.39 is 5.91 Å². The molecular formula is C18H19N5OS. The van der Waals surface area contributed by atoms with Gasteiger partial charge in [0.2, 0.25) is 5.95 Å². The zero-order valence-electron chi connectivity index (χ0n) is 14.1. The highest BCUT2D eigenvalue weighted by molar-refractivity contribution is 7.21. The molecule has 7 heteroatoms. The van der Waals surface area contributed by atoms with Crippen molar-refractivity contribution in [3.8, 4) is 11.3 Å². The molecule has 0 bridgehead atoms. The van der Waals surface area contributed by atoms with Crippen LogP contribution in [0.1, 0.15) is 28.1 Å².